The highest BCUT2D eigenvalue weighted by Gasteiger charge is 2.14. The summed E-state index contributed by atoms with van der Waals surface area (Å²) in [6.07, 6.45) is 1.65. The van der Waals surface area contributed by atoms with Gasteiger partial charge in [0.1, 0.15) is 11.6 Å². The van der Waals surface area contributed by atoms with Crippen molar-refractivity contribution in [2.45, 2.75) is 26.7 Å². The Morgan fingerprint density at radius 1 is 1.50 bits per heavy atom. The van der Waals surface area contributed by atoms with Crippen molar-refractivity contribution in [3.63, 3.8) is 0 Å². The first-order valence-corrected chi connectivity index (χ1v) is 6.98. The van der Waals surface area contributed by atoms with Crippen LogP contribution in [0, 0.1) is 12.7 Å². The number of hydrogen-bond donors (Lipinski definition) is 2. The molecule has 0 radical (unpaired) electrons. The lowest BCUT2D eigenvalue weighted by molar-refractivity contribution is 0.101. The third-order valence-corrected chi connectivity index (χ3v) is 3.34. The van der Waals surface area contributed by atoms with Crippen molar-refractivity contribution in [1.82, 2.24) is 15.2 Å². The van der Waals surface area contributed by atoms with E-state index < -0.39 is 5.91 Å². The molecule has 0 unspecified atom stereocenters. The minimum absolute atomic E-state index is 0.0771. The van der Waals surface area contributed by atoms with Gasteiger partial charge >= 0.3 is 0 Å². The Balaban J connectivity index is 2.16. The molecule has 0 spiro atoms. The first kappa shape index (κ1) is 14.6. The summed E-state index contributed by atoms with van der Waals surface area (Å²) >= 11 is 3.09. The minimum Gasteiger partial charge on any atom is -0.319 e. The second-order valence-electron chi connectivity index (χ2n) is 4.39. The van der Waals surface area contributed by atoms with Crippen LogP contribution in [0.1, 0.15) is 35.4 Å². The predicted molar refractivity (Wildman–Crippen MR) is 77.2 cm³/mol. The van der Waals surface area contributed by atoms with E-state index in [1.807, 2.05) is 6.92 Å². The number of nitrogens with one attached hydrogen (secondary N) is 2. The summed E-state index contributed by atoms with van der Waals surface area (Å²) in [5.41, 5.74) is 1.15. The average molecular weight is 341 g/mol. The van der Waals surface area contributed by atoms with E-state index in [1.165, 1.54) is 12.1 Å². The molecule has 2 N–H and O–H groups in total. The minimum atomic E-state index is -0.426. The van der Waals surface area contributed by atoms with Crippen LogP contribution in [0.15, 0.2) is 16.6 Å². The summed E-state index contributed by atoms with van der Waals surface area (Å²) in [6.45, 7) is 3.73. The highest BCUT2D eigenvalue weighted by molar-refractivity contribution is 9.10. The molecule has 106 valence electrons. The van der Waals surface area contributed by atoms with Crippen molar-refractivity contribution in [3.8, 4) is 0 Å². The molecule has 0 saturated heterocycles. The number of benzene rings is 1. The van der Waals surface area contributed by atoms with Crippen molar-refractivity contribution in [2.24, 2.45) is 0 Å². The Morgan fingerprint density at radius 3 is 2.95 bits per heavy atom. The third-order valence-electron chi connectivity index (χ3n) is 2.74. The number of halogens is 2. The molecule has 0 saturated carbocycles. The zero-order chi connectivity index (χ0) is 14.7. The number of aryl methyl sites for hydroxylation is 2. The summed E-state index contributed by atoms with van der Waals surface area (Å²) in [5.74, 6) is -0.0446. The fourth-order valence-corrected chi connectivity index (χ4v) is 2.05. The number of aromatic nitrogens is 3. The highest BCUT2D eigenvalue weighted by Crippen LogP contribution is 2.24. The lowest BCUT2D eigenvalue weighted by atomic mass is 10.2. The molecule has 7 heteroatoms. The molecule has 1 aromatic heterocycles. The van der Waals surface area contributed by atoms with Gasteiger partial charge in [0.2, 0.25) is 5.82 Å². The first-order valence-electron chi connectivity index (χ1n) is 6.19. The Bertz CT molecular complexity index is 641. The molecule has 0 aliphatic heterocycles. The van der Waals surface area contributed by atoms with E-state index in [0.717, 1.165) is 12.8 Å². The van der Waals surface area contributed by atoms with Gasteiger partial charge in [-0.3, -0.25) is 9.89 Å². The van der Waals surface area contributed by atoms with E-state index in [0.29, 0.717) is 21.5 Å². The molecule has 2 aromatic rings. The van der Waals surface area contributed by atoms with Crippen molar-refractivity contribution < 1.29 is 9.18 Å². The van der Waals surface area contributed by atoms with Crippen molar-refractivity contribution in [3.05, 3.63) is 39.6 Å². The van der Waals surface area contributed by atoms with Gasteiger partial charge in [0.15, 0.2) is 0 Å². The van der Waals surface area contributed by atoms with Crippen LogP contribution in [0.5, 0.6) is 0 Å². The number of nitrogens with zero attached hydrogens (tertiary/aromatic N) is 2. The molecule has 1 aromatic carbocycles. The second kappa shape index (κ2) is 6.13. The van der Waals surface area contributed by atoms with Gasteiger partial charge in [-0.2, -0.15) is 0 Å². The Morgan fingerprint density at radius 2 is 2.25 bits per heavy atom. The largest absolute Gasteiger partial charge is 0.319 e. The quantitative estimate of drug-likeness (QED) is 0.897. The van der Waals surface area contributed by atoms with E-state index in [9.17, 15) is 9.18 Å². The number of aromatic amines is 1. The molecule has 1 amide bonds. The molecule has 0 aliphatic carbocycles. The van der Waals surface area contributed by atoms with Crippen LogP contribution in [0.4, 0.5) is 10.1 Å². The number of carbonyl (C=O) groups excluding carboxylic acids is 1. The summed E-state index contributed by atoms with van der Waals surface area (Å²) in [6, 6.07) is 2.86. The third kappa shape index (κ3) is 3.22. The topological polar surface area (TPSA) is 70.7 Å². The summed E-state index contributed by atoms with van der Waals surface area (Å²) in [4.78, 5) is 16.1. The molecule has 5 nitrogen and oxygen atoms in total. The summed E-state index contributed by atoms with van der Waals surface area (Å²) in [7, 11) is 0. The molecule has 0 fully saturated rings. The van der Waals surface area contributed by atoms with Crippen LogP contribution in [0.25, 0.3) is 0 Å². The molecule has 0 bridgehead atoms. The van der Waals surface area contributed by atoms with Crippen LogP contribution in [-0.4, -0.2) is 21.1 Å². The first-order chi connectivity index (χ1) is 9.51. The Labute approximate surface area is 124 Å². The number of amides is 1. The maximum Gasteiger partial charge on any atom is 0.295 e. The highest BCUT2D eigenvalue weighted by atomic mass is 79.9. The number of anilines is 1. The molecule has 0 atom stereocenters. The number of H-pyrrole nitrogens is 1. The van der Waals surface area contributed by atoms with Crippen LogP contribution in [0.2, 0.25) is 0 Å². The summed E-state index contributed by atoms with van der Waals surface area (Å²) < 4.78 is 13.6. The van der Waals surface area contributed by atoms with Crippen LogP contribution < -0.4 is 5.32 Å². The lowest BCUT2D eigenvalue weighted by Crippen LogP contribution is -2.14. The van der Waals surface area contributed by atoms with Crippen molar-refractivity contribution >= 4 is 27.5 Å². The smallest absolute Gasteiger partial charge is 0.295 e. The molecular weight excluding hydrogens is 327 g/mol. The second-order valence-corrected chi connectivity index (χ2v) is 5.25. The predicted octanol–water partition coefficient (Wildman–Crippen LogP) is 3.22. The van der Waals surface area contributed by atoms with E-state index in [-0.39, 0.29) is 11.6 Å². The van der Waals surface area contributed by atoms with Gasteiger partial charge in [-0.25, -0.2) is 9.37 Å². The zero-order valence-corrected chi connectivity index (χ0v) is 12.7. The van der Waals surface area contributed by atoms with Crippen molar-refractivity contribution in [1.29, 1.82) is 0 Å². The van der Waals surface area contributed by atoms with E-state index >= 15 is 0 Å². The van der Waals surface area contributed by atoms with Gasteiger partial charge in [-0.1, -0.05) is 6.92 Å². The van der Waals surface area contributed by atoms with Crippen LogP contribution in [0.3, 0.4) is 0 Å². The van der Waals surface area contributed by atoms with Gasteiger partial charge in [0.25, 0.3) is 5.91 Å². The molecule has 0 aliphatic rings. The Hall–Kier alpha value is -1.76. The fraction of sp³-hybridized carbons (Fsp3) is 0.308. The fourth-order valence-electron chi connectivity index (χ4n) is 1.70. The zero-order valence-electron chi connectivity index (χ0n) is 11.1. The summed E-state index contributed by atoms with van der Waals surface area (Å²) in [5, 5.41) is 9.25. The van der Waals surface area contributed by atoms with Crippen LogP contribution in [-0.2, 0) is 6.42 Å². The average Bonchev–Trinajstić information content (AvgIpc) is 2.85. The van der Waals surface area contributed by atoms with Gasteiger partial charge in [0, 0.05) is 12.1 Å². The monoisotopic (exact) mass is 340 g/mol. The maximum atomic E-state index is 13.3. The van der Waals surface area contributed by atoms with Gasteiger partial charge < -0.3 is 5.32 Å². The molecular formula is C13H14BrFN4O. The SMILES string of the molecule is CCCc1nc(C(=O)Nc2cc(Br)c(F)cc2C)n[nH]1. The van der Waals surface area contributed by atoms with E-state index in [1.54, 1.807) is 6.92 Å². The Kier molecular flexibility index (Phi) is 4.49. The van der Waals surface area contributed by atoms with Gasteiger partial charge in [-0.05, 0) is 47.0 Å². The molecule has 2 rings (SSSR count). The van der Waals surface area contributed by atoms with Crippen molar-refractivity contribution in [2.75, 3.05) is 5.32 Å². The maximum absolute atomic E-state index is 13.3. The van der Waals surface area contributed by atoms with E-state index in [2.05, 4.69) is 36.4 Å². The lowest BCUT2D eigenvalue weighted by Gasteiger charge is -2.07. The molecule has 20 heavy (non-hydrogen) atoms. The standard InChI is InChI=1S/C13H14BrFN4O/c1-3-4-11-17-12(19-18-11)13(20)16-10-6-8(14)9(15)5-7(10)2/h5-6H,3-4H2,1-2H3,(H,16,20)(H,17,18,19). The van der Waals surface area contributed by atoms with Gasteiger partial charge in [0.05, 0.1) is 4.47 Å². The molecule has 1 heterocycles. The van der Waals surface area contributed by atoms with E-state index in [4.69, 9.17) is 0 Å². The number of rotatable bonds is 4. The normalized spacial score (nSPS) is 10.6. The number of hydrogen-bond acceptors (Lipinski definition) is 3. The number of carbonyl (C=O) groups is 1. The van der Waals surface area contributed by atoms with Gasteiger partial charge in [-0.15, -0.1) is 5.10 Å². The van der Waals surface area contributed by atoms with Crippen LogP contribution >= 0.6 is 15.9 Å².